The Labute approximate surface area is 97.0 Å². The Morgan fingerprint density at radius 2 is 2.00 bits per heavy atom. The van der Waals surface area contributed by atoms with E-state index in [-0.39, 0.29) is 18.8 Å². The summed E-state index contributed by atoms with van der Waals surface area (Å²) in [5.74, 6) is 0. The summed E-state index contributed by atoms with van der Waals surface area (Å²) in [7, 11) is 0. The molecular weight excluding hydrogens is 241 g/mol. The summed E-state index contributed by atoms with van der Waals surface area (Å²) >= 11 is -0.247. The van der Waals surface area contributed by atoms with E-state index in [9.17, 15) is 14.1 Å². The number of oxime groups is 1. The van der Waals surface area contributed by atoms with Crippen LogP contribution in [0.25, 0.3) is 0 Å². The smallest absolute Gasteiger partial charge is 0.114 e. The van der Waals surface area contributed by atoms with Crippen LogP contribution in [0.2, 0.25) is 0 Å². The van der Waals surface area contributed by atoms with Crippen molar-refractivity contribution in [2.45, 2.75) is 30.5 Å². The maximum atomic E-state index is 12.4. The summed E-state index contributed by atoms with van der Waals surface area (Å²) < 4.78 is 12.4. The molecule has 96 valence electrons. The van der Waals surface area contributed by atoms with Crippen molar-refractivity contribution in [1.29, 1.82) is 0 Å². The van der Waals surface area contributed by atoms with Gasteiger partial charge in [0.05, 0.1) is 25.0 Å². The van der Waals surface area contributed by atoms with Gasteiger partial charge in [0.25, 0.3) is 0 Å². The monoisotopic (exact) mass is 257 g/mol. The van der Waals surface area contributed by atoms with Crippen molar-refractivity contribution in [3.63, 3.8) is 0 Å². The Kier molecular flexibility index (Phi) is 8.49. The van der Waals surface area contributed by atoms with E-state index in [0.717, 1.165) is 6.21 Å². The fraction of sp³-hybridized carbons (Fsp3) is 0.875. The topological polar surface area (TPSA) is 103 Å². The van der Waals surface area contributed by atoms with Gasteiger partial charge in [0.2, 0.25) is 0 Å². The summed E-state index contributed by atoms with van der Waals surface area (Å²) in [6.45, 7) is 1.23. The zero-order valence-electron chi connectivity index (χ0n) is 8.73. The number of halogens is 1. The summed E-state index contributed by atoms with van der Waals surface area (Å²) in [5.41, 5.74) is 0. The van der Waals surface area contributed by atoms with Crippen LogP contribution in [0.1, 0.15) is 6.92 Å². The lowest BCUT2D eigenvalue weighted by Gasteiger charge is -2.23. The van der Waals surface area contributed by atoms with Gasteiger partial charge in [-0.05, 0) is 6.92 Å². The number of hydrogen-bond donors (Lipinski definition) is 4. The minimum atomic E-state index is -1.66. The molecule has 0 fully saturated rings. The Hall–Kier alpha value is -0.410. The number of hydrogen-bond acceptors (Lipinski definition) is 7. The molecule has 0 aromatic heterocycles. The van der Waals surface area contributed by atoms with E-state index in [1.165, 1.54) is 0 Å². The van der Waals surface area contributed by atoms with Crippen molar-refractivity contribution in [3.05, 3.63) is 0 Å². The molecule has 0 aliphatic heterocycles. The molecule has 16 heavy (non-hydrogen) atoms. The summed E-state index contributed by atoms with van der Waals surface area (Å²) in [6, 6.07) is 0. The molecule has 4 unspecified atom stereocenters. The van der Waals surface area contributed by atoms with Crippen LogP contribution in [0.4, 0.5) is 3.89 Å². The Balaban J connectivity index is 4.33. The van der Waals surface area contributed by atoms with Crippen molar-refractivity contribution < 1.29 is 29.1 Å². The highest BCUT2D eigenvalue weighted by molar-refractivity contribution is 7.95. The summed E-state index contributed by atoms with van der Waals surface area (Å²) in [5, 5.41) is 38.5. The van der Waals surface area contributed by atoms with Crippen LogP contribution in [0, 0.1) is 0 Å². The molecule has 0 aromatic carbocycles. The van der Waals surface area contributed by atoms with E-state index in [0.29, 0.717) is 0 Å². The van der Waals surface area contributed by atoms with E-state index in [1.807, 2.05) is 0 Å². The fourth-order valence-corrected chi connectivity index (χ4v) is 1.23. The zero-order chi connectivity index (χ0) is 12.6. The Morgan fingerprint density at radius 3 is 2.44 bits per heavy atom. The molecule has 0 heterocycles. The SMILES string of the molecule is CCO/N=C/C(SF)C(O)C(O)C(O)CO. The third-order valence-electron chi connectivity index (χ3n) is 1.78. The van der Waals surface area contributed by atoms with Gasteiger partial charge in [0.1, 0.15) is 30.2 Å². The first-order valence-corrected chi connectivity index (χ1v) is 5.44. The number of aliphatic hydroxyl groups excluding tert-OH is 4. The second kappa shape index (κ2) is 8.71. The molecule has 0 spiro atoms. The molecule has 8 heteroatoms. The molecule has 0 saturated heterocycles. The molecule has 0 amide bonds. The van der Waals surface area contributed by atoms with Gasteiger partial charge in [-0.2, -0.15) is 3.89 Å². The normalized spacial score (nSPS) is 19.4. The number of nitrogens with zero attached hydrogens (tertiary/aromatic N) is 1. The average Bonchev–Trinajstić information content (AvgIpc) is 2.32. The molecule has 0 aliphatic carbocycles. The van der Waals surface area contributed by atoms with E-state index < -0.39 is 30.2 Å². The molecule has 4 N–H and O–H groups in total. The van der Waals surface area contributed by atoms with Gasteiger partial charge in [0.15, 0.2) is 0 Å². The minimum Gasteiger partial charge on any atom is -0.396 e. The summed E-state index contributed by atoms with van der Waals surface area (Å²) in [4.78, 5) is 4.57. The maximum Gasteiger partial charge on any atom is 0.114 e. The predicted octanol–water partition coefficient (Wildman–Crippen LogP) is -0.930. The van der Waals surface area contributed by atoms with Crippen LogP contribution in [0.15, 0.2) is 5.16 Å². The third kappa shape index (κ3) is 5.08. The molecule has 0 aliphatic rings. The van der Waals surface area contributed by atoms with Crippen LogP contribution in [-0.4, -0.2) is 63.4 Å². The number of rotatable bonds is 8. The number of aliphatic hydroxyl groups is 4. The summed E-state index contributed by atoms with van der Waals surface area (Å²) in [6.07, 6.45) is -3.82. The van der Waals surface area contributed by atoms with Crippen LogP contribution < -0.4 is 0 Å². The molecule has 4 atom stereocenters. The van der Waals surface area contributed by atoms with Crippen molar-refractivity contribution in [1.82, 2.24) is 0 Å². The molecule has 0 radical (unpaired) electrons. The van der Waals surface area contributed by atoms with Crippen molar-refractivity contribution in [2.24, 2.45) is 5.16 Å². The predicted molar refractivity (Wildman–Crippen MR) is 57.7 cm³/mol. The van der Waals surface area contributed by atoms with Gasteiger partial charge in [-0.1, -0.05) is 5.16 Å². The van der Waals surface area contributed by atoms with Crippen molar-refractivity contribution >= 4 is 18.4 Å². The minimum absolute atomic E-state index is 0.247. The van der Waals surface area contributed by atoms with Gasteiger partial charge < -0.3 is 25.3 Å². The Bertz CT molecular complexity index is 209. The largest absolute Gasteiger partial charge is 0.396 e. The second-order valence-electron chi connectivity index (χ2n) is 2.96. The molecule has 6 nitrogen and oxygen atoms in total. The van der Waals surface area contributed by atoms with E-state index >= 15 is 0 Å². The van der Waals surface area contributed by atoms with Gasteiger partial charge in [-0.25, -0.2) is 0 Å². The molecule has 0 saturated carbocycles. The molecule has 0 bridgehead atoms. The molecule has 0 rings (SSSR count). The van der Waals surface area contributed by atoms with Crippen molar-refractivity contribution in [3.8, 4) is 0 Å². The van der Waals surface area contributed by atoms with Crippen LogP contribution in [0.5, 0.6) is 0 Å². The van der Waals surface area contributed by atoms with Crippen LogP contribution >= 0.6 is 12.1 Å². The highest BCUT2D eigenvalue weighted by Crippen LogP contribution is 2.18. The lowest BCUT2D eigenvalue weighted by atomic mass is 10.1. The Morgan fingerprint density at radius 1 is 1.38 bits per heavy atom. The van der Waals surface area contributed by atoms with Gasteiger partial charge in [-0.3, -0.25) is 0 Å². The third-order valence-corrected chi connectivity index (χ3v) is 2.39. The highest BCUT2D eigenvalue weighted by Gasteiger charge is 2.31. The highest BCUT2D eigenvalue weighted by atomic mass is 32.2. The fourth-order valence-electron chi connectivity index (χ4n) is 0.871. The van der Waals surface area contributed by atoms with Crippen LogP contribution in [-0.2, 0) is 4.84 Å². The zero-order valence-corrected chi connectivity index (χ0v) is 9.55. The second-order valence-corrected chi connectivity index (χ2v) is 3.68. The van der Waals surface area contributed by atoms with Gasteiger partial charge in [0, 0.05) is 0 Å². The molecule has 0 aromatic rings. The first kappa shape index (κ1) is 15.6. The maximum absolute atomic E-state index is 12.4. The quantitative estimate of drug-likeness (QED) is 0.331. The van der Waals surface area contributed by atoms with E-state index in [2.05, 4.69) is 9.99 Å². The van der Waals surface area contributed by atoms with Gasteiger partial charge >= 0.3 is 0 Å². The van der Waals surface area contributed by atoms with Gasteiger partial charge in [-0.15, -0.1) is 0 Å². The van der Waals surface area contributed by atoms with E-state index in [1.54, 1.807) is 6.92 Å². The molecular formula is C8H16FNO5S. The van der Waals surface area contributed by atoms with Crippen LogP contribution in [0.3, 0.4) is 0 Å². The lowest BCUT2D eigenvalue weighted by Crippen LogP contribution is -2.45. The average molecular weight is 257 g/mol. The van der Waals surface area contributed by atoms with E-state index in [4.69, 9.17) is 10.2 Å². The standard InChI is InChI=1S/C8H16FNO5S/c1-2-15-10-3-6(16-9)8(14)7(13)5(12)4-11/h3,5-8,11-14H,2,4H2,1H3/b10-3+. The first-order chi connectivity index (χ1) is 7.58. The lowest BCUT2D eigenvalue weighted by molar-refractivity contribution is -0.0719. The first-order valence-electron chi connectivity index (χ1n) is 4.66. The van der Waals surface area contributed by atoms with Crippen molar-refractivity contribution in [2.75, 3.05) is 13.2 Å².